The van der Waals surface area contributed by atoms with Crippen molar-refractivity contribution in [3.63, 3.8) is 0 Å². The molecular weight excluding hydrogens is 1040 g/mol. The SMILES string of the molecule is CCc1ccc(N(c2cccc(-c3cccc(-c4ccccc4C)c3)c2O)c2cc(C3CCCCC3)c3ccc4c(N(c5ccc(CC)cc5)c5cccc6c5oc5c(-c7ccccc7C)cccc56)cc(C5CCCCC5)c5ccc2c3c54)cc1. The van der Waals surface area contributed by atoms with Crippen LogP contribution in [0.4, 0.5) is 34.1 Å². The molecule has 0 aliphatic heterocycles. The highest BCUT2D eigenvalue weighted by molar-refractivity contribution is 6.30. The summed E-state index contributed by atoms with van der Waals surface area (Å²) in [5.74, 6) is 1.06. The van der Waals surface area contributed by atoms with Crippen LogP contribution in [0.25, 0.3) is 87.6 Å². The number of anilines is 6. The van der Waals surface area contributed by atoms with Gasteiger partial charge >= 0.3 is 0 Å². The van der Waals surface area contributed by atoms with Crippen molar-refractivity contribution in [3.05, 3.63) is 246 Å². The van der Waals surface area contributed by atoms with Gasteiger partial charge in [0.2, 0.25) is 0 Å². The lowest BCUT2D eigenvalue weighted by atomic mass is 9.77. The summed E-state index contributed by atoms with van der Waals surface area (Å²) in [7, 11) is 0. The number of aromatic hydroxyl groups is 1. The van der Waals surface area contributed by atoms with Gasteiger partial charge < -0.3 is 19.3 Å². The summed E-state index contributed by atoms with van der Waals surface area (Å²) < 4.78 is 7.40. The van der Waals surface area contributed by atoms with Gasteiger partial charge in [-0.1, -0.05) is 210 Å². The van der Waals surface area contributed by atoms with Gasteiger partial charge in [0.05, 0.1) is 22.7 Å². The molecule has 0 spiro atoms. The van der Waals surface area contributed by atoms with E-state index in [4.69, 9.17) is 4.42 Å². The number of aryl methyl sites for hydroxylation is 4. The molecule has 86 heavy (non-hydrogen) atoms. The molecule has 0 bridgehead atoms. The van der Waals surface area contributed by atoms with Gasteiger partial charge in [-0.2, -0.15) is 0 Å². The van der Waals surface area contributed by atoms with Crippen LogP contribution in [-0.2, 0) is 12.8 Å². The maximum atomic E-state index is 13.2. The van der Waals surface area contributed by atoms with Crippen LogP contribution in [0.3, 0.4) is 0 Å². The standard InChI is InChI=1S/C82H74N2O2/c1-5-54-37-41-60(42-38-54)83(74-35-19-31-64(80(74)85)59-28-17-27-58(49-59)62-29-15-13-21-52(62)3)76-50-72(56-23-9-7-10-24-56)65-46-48-71-77(51-73(57-25-11-8-12-26-57)66-45-47-70(76)78(65)79(66)71)84(61-43-39-55(6-2)40-44-61)75-36-20-34-69-68-33-18-32-67(81(68)86-82(69)75)63-30-16-14-22-53(63)4/h13-22,27-51,56-57,85H,5-12,23-26H2,1-4H3. The molecule has 0 atom stereocenters. The van der Waals surface area contributed by atoms with Gasteiger partial charge in [-0.25, -0.2) is 0 Å². The van der Waals surface area contributed by atoms with Crippen molar-refractivity contribution in [1.82, 2.24) is 0 Å². The predicted octanol–water partition coefficient (Wildman–Crippen LogP) is 24.0. The van der Waals surface area contributed by atoms with Crippen molar-refractivity contribution in [1.29, 1.82) is 0 Å². The highest BCUT2D eigenvalue weighted by Gasteiger charge is 2.31. The summed E-state index contributed by atoms with van der Waals surface area (Å²) in [6, 6.07) is 79.0. The van der Waals surface area contributed by atoms with E-state index in [1.54, 1.807) is 0 Å². The minimum absolute atomic E-state index is 0.260. The molecule has 12 aromatic carbocycles. The highest BCUT2D eigenvalue weighted by atomic mass is 16.3. The zero-order chi connectivity index (χ0) is 58.0. The fraction of sp³-hybridized carbons (Fsp3) is 0.220. The minimum atomic E-state index is 0.260. The smallest absolute Gasteiger partial charge is 0.159 e. The first kappa shape index (κ1) is 53.6. The summed E-state index contributed by atoms with van der Waals surface area (Å²) in [6.07, 6.45) is 14.0. The predicted molar refractivity (Wildman–Crippen MR) is 365 cm³/mol. The fourth-order valence-corrected chi connectivity index (χ4v) is 15.2. The van der Waals surface area contributed by atoms with E-state index >= 15 is 0 Å². The normalized spacial score (nSPS) is 14.3. The molecule has 13 aromatic rings. The molecule has 0 amide bonds. The van der Waals surface area contributed by atoms with Crippen LogP contribution in [0.5, 0.6) is 5.75 Å². The summed E-state index contributed by atoms with van der Waals surface area (Å²) in [6.45, 7) is 8.83. The van der Waals surface area contributed by atoms with Crippen LogP contribution in [0, 0.1) is 13.8 Å². The van der Waals surface area contributed by atoms with Crippen molar-refractivity contribution in [2.75, 3.05) is 9.80 Å². The summed E-state index contributed by atoms with van der Waals surface area (Å²) in [4.78, 5) is 4.93. The summed E-state index contributed by atoms with van der Waals surface area (Å²) >= 11 is 0. The molecule has 0 radical (unpaired) electrons. The van der Waals surface area contributed by atoms with E-state index in [9.17, 15) is 5.11 Å². The molecular formula is C82H74N2O2. The Balaban J connectivity index is 1.02. The lowest BCUT2D eigenvalue weighted by molar-refractivity contribution is 0.445. The molecule has 15 rings (SSSR count). The van der Waals surface area contributed by atoms with Crippen molar-refractivity contribution in [2.45, 2.75) is 117 Å². The molecule has 4 nitrogen and oxygen atoms in total. The van der Waals surface area contributed by atoms with E-state index in [0.717, 1.165) is 98.3 Å². The Bertz CT molecular complexity index is 4670. The van der Waals surface area contributed by atoms with Crippen molar-refractivity contribution in [2.24, 2.45) is 0 Å². The number of para-hydroxylation sites is 3. The van der Waals surface area contributed by atoms with Gasteiger partial charge in [-0.3, -0.25) is 0 Å². The van der Waals surface area contributed by atoms with Crippen molar-refractivity contribution >= 4 is 88.4 Å². The number of hydrogen-bond acceptors (Lipinski definition) is 4. The molecule has 1 heterocycles. The van der Waals surface area contributed by atoms with E-state index in [1.165, 1.54) is 134 Å². The van der Waals surface area contributed by atoms with E-state index in [0.29, 0.717) is 11.8 Å². The Morgan fingerprint density at radius 2 is 0.814 bits per heavy atom. The van der Waals surface area contributed by atoms with Gasteiger partial charge in [0.25, 0.3) is 0 Å². The maximum Gasteiger partial charge on any atom is 0.159 e. The van der Waals surface area contributed by atoms with E-state index in [-0.39, 0.29) is 5.75 Å². The van der Waals surface area contributed by atoms with Gasteiger partial charge in [-0.15, -0.1) is 0 Å². The Morgan fingerprint density at radius 3 is 1.37 bits per heavy atom. The number of furan rings is 1. The van der Waals surface area contributed by atoms with Crippen LogP contribution < -0.4 is 9.80 Å². The molecule has 1 aromatic heterocycles. The van der Waals surface area contributed by atoms with Crippen LogP contribution in [-0.4, -0.2) is 5.11 Å². The van der Waals surface area contributed by atoms with Crippen molar-refractivity contribution < 1.29 is 9.52 Å². The molecule has 2 saturated carbocycles. The van der Waals surface area contributed by atoms with Crippen LogP contribution in [0.1, 0.15) is 123 Å². The monoisotopic (exact) mass is 1120 g/mol. The number of benzene rings is 12. The first-order chi connectivity index (χ1) is 42.3. The van der Waals surface area contributed by atoms with Crippen LogP contribution in [0.2, 0.25) is 0 Å². The molecule has 4 heteroatoms. The molecule has 0 unspecified atom stereocenters. The Hall–Kier alpha value is -9.12. The molecule has 424 valence electrons. The third-order valence-corrected chi connectivity index (χ3v) is 19.8. The quantitative estimate of drug-likeness (QED) is 0.117. The topological polar surface area (TPSA) is 39.9 Å². The van der Waals surface area contributed by atoms with Crippen molar-refractivity contribution in [3.8, 4) is 39.1 Å². The number of fused-ring (bicyclic) bond motifs is 3. The Labute approximate surface area is 506 Å². The molecule has 2 aliphatic carbocycles. The van der Waals surface area contributed by atoms with Crippen LogP contribution in [0.15, 0.2) is 217 Å². The minimum Gasteiger partial charge on any atom is -0.505 e. The second kappa shape index (κ2) is 22.4. The zero-order valence-corrected chi connectivity index (χ0v) is 50.1. The van der Waals surface area contributed by atoms with E-state index < -0.39 is 0 Å². The van der Waals surface area contributed by atoms with Gasteiger partial charge in [0.1, 0.15) is 11.3 Å². The first-order valence-corrected chi connectivity index (χ1v) is 31.9. The lowest BCUT2D eigenvalue weighted by Gasteiger charge is -2.33. The van der Waals surface area contributed by atoms with E-state index in [2.05, 4.69) is 250 Å². The summed E-state index contributed by atoms with van der Waals surface area (Å²) in [5, 5.41) is 23.1. The third-order valence-electron chi connectivity index (χ3n) is 19.8. The number of phenols is 1. The first-order valence-electron chi connectivity index (χ1n) is 31.9. The van der Waals surface area contributed by atoms with Gasteiger partial charge in [0.15, 0.2) is 5.58 Å². The van der Waals surface area contributed by atoms with Gasteiger partial charge in [-0.05, 0) is 196 Å². The third kappa shape index (κ3) is 9.19. The summed E-state index contributed by atoms with van der Waals surface area (Å²) in [5.41, 5.74) is 22.2. The highest BCUT2D eigenvalue weighted by Crippen LogP contribution is 2.55. The number of hydrogen-bond donors (Lipinski definition) is 1. The largest absolute Gasteiger partial charge is 0.505 e. The van der Waals surface area contributed by atoms with E-state index in [1.807, 2.05) is 0 Å². The Morgan fingerprint density at radius 1 is 0.372 bits per heavy atom. The van der Waals surface area contributed by atoms with Gasteiger partial charge in [0, 0.05) is 44.0 Å². The van der Waals surface area contributed by atoms with Crippen LogP contribution >= 0.6 is 0 Å². The second-order valence-corrected chi connectivity index (χ2v) is 24.7. The number of rotatable bonds is 13. The molecule has 2 aliphatic rings. The molecule has 2 fully saturated rings. The zero-order valence-electron chi connectivity index (χ0n) is 50.1. The fourth-order valence-electron chi connectivity index (χ4n) is 15.2. The number of nitrogens with zero attached hydrogens (tertiary/aromatic N) is 2. The average molecular weight is 1120 g/mol. The lowest BCUT2D eigenvalue weighted by Crippen LogP contribution is -2.15. The second-order valence-electron chi connectivity index (χ2n) is 24.7. The molecule has 0 saturated heterocycles. The average Bonchev–Trinajstić information content (AvgIpc) is 0.876. The maximum absolute atomic E-state index is 13.2. The number of phenolic OH excluding ortho intramolecular Hbond substituents is 1. The molecule has 1 N–H and O–H groups in total. The Kier molecular flexibility index (Phi) is 13.9.